The minimum Gasteiger partial charge on any atom is -0.311 e. The lowest BCUT2D eigenvalue weighted by Gasteiger charge is -2.35. The molecule has 4 heteroatoms. The first-order valence-corrected chi connectivity index (χ1v) is 9.01. The molecule has 0 saturated carbocycles. The molecule has 0 bridgehead atoms. The first-order chi connectivity index (χ1) is 11.1. The van der Waals surface area contributed by atoms with Crippen molar-refractivity contribution in [2.24, 2.45) is 0 Å². The van der Waals surface area contributed by atoms with Crippen molar-refractivity contribution in [3.63, 3.8) is 0 Å². The van der Waals surface area contributed by atoms with Crippen LogP contribution in [0.2, 0.25) is 0 Å². The third-order valence-electron chi connectivity index (χ3n) is 5.21. The number of amides is 1. The fourth-order valence-electron chi connectivity index (χ4n) is 3.74. The van der Waals surface area contributed by atoms with Crippen molar-refractivity contribution in [2.75, 3.05) is 31.1 Å². The lowest BCUT2D eigenvalue weighted by molar-refractivity contribution is -0.118. The number of likely N-dealkylation sites (tertiary alicyclic amines) is 1. The van der Waals surface area contributed by atoms with E-state index < -0.39 is 0 Å². The van der Waals surface area contributed by atoms with Crippen LogP contribution in [0.4, 0.5) is 5.69 Å². The maximum absolute atomic E-state index is 12.6. The van der Waals surface area contributed by atoms with Gasteiger partial charge in [-0.25, -0.2) is 0 Å². The van der Waals surface area contributed by atoms with Gasteiger partial charge in [0.1, 0.15) is 0 Å². The summed E-state index contributed by atoms with van der Waals surface area (Å²) in [5.41, 5.74) is 2.41. The zero-order chi connectivity index (χ0) is 16.2. The van der Waals surface area contributed by atoms with Gasteiger partial charge in [0, 0.05) is 24.3 Å². The molecular formula is C19H29N3O. The number of aryl methyl sites for hydroxylation is 1. The Morgan fingerprint density at radius 3 is 2.70 bits per heavy atom. The minimum atomic E-state index is 0.212. The Morgan fingerprint density at radius 1 is 1.22 bits per heavy atom. The molecule has 2 aliphatic heterocycles. The quantitative estimate of drug-likeness (QED) is 0.927. The maximum Gasteiger partial charge on any atom is 0.240 e. The minimum absolute atomic E-state index is 0.212. The number of nitrogens with one attached hydrogen (secondary N) is 1. The van der Waals surface area contributed by atoms with Gasteiger partial charge in [-0.15, -0.1) is 0 Å². The van der Waals surface area contributed by atoms with Gasteiger partial charge in [0.15, 0.2) is 0 Å². The van der Waals surface area contributed by atoms with E-state index in [0.29, 0.717) is 18.6 Å². The zero-order valence-corrected chi connectivity index (χ0v) is 14.4. The van der Waals surface area contributed by atoms with Crippen molar-refractivity contribution in [1.29, 1.82) is 0 Å². The molecule has 0 radical (unpaired) electrons. The average molecular weight is 315 g/mol. The van der Waals surface area contributed by atoms with Gasteiger partial charge < -0.3 is 15.1 Å². The molecule has 0 spiro atoms. The number of hydrogen-bond acceptors (Lipinski definition) is 3. The molecular weight excluding hydrogens is 286 g/mol. The molecule has 1 N–H and O–H groups in total. The van der Waals surface area contributed by atoms with E-state index >= 15 is 0 Å². The highest BCUT2D eigenvalue weighted by Gasteiger charge is 2.24. The first-order valence-electron chi connectivity index (χ1n) is 9.01. The molecule has 2 heterocycles. The van der Waals surface area contributed by atoms with E-state index in [2.05, 4.69) is 42.3 Å². The fourth-order valence-corrected chi connectivity index (χ4v) is 3.74. The van der Waals surface area contributed by atoms with Gasteiger partial charge >= 0.3 is 0 Å². The van der Waals surface area contributed by atoms with Crippen LogP contribution in [0.25, 0.3) is 0 Å². The van der Waals surface area contributed by atoms with Gasteiger partial charge in [-0.2, -0.15) is 0 Å². The number of rotatable bonds is 4. The molecule has 23 heavy (non-hydrogen) atoms. The molecule has 126 valence electrons. The third kappa shape index (κ3) is 3.93. The van der Waals surface area contributed by atoms with Gasteiger partial charge in [0.05, 0.1) is 6.54 Å². The summed E-state index contributed by atoms with van der Waals surface area (Å²) in [7, 11) is 0. The standard InChI is InChI=1S/C19H29N3O/c1-15(2)21-12-9-17(10-13-21)20-14-19(23)22-11-5-7-16-6-3-4-8-18(16)22/h3-4,6,8,15,17,20H,5,7,9-14H2,1-2H3. The maximum atomic E-state index is 12.6. The van der Waals surface area contributed by atoms with Crippen molar-refractivity contribution >= 4 is 11.6 Å². The van der Waals surface area contributed by atoms with Crippen LogP contribution >= 0.6 is 0 Å². The number of anilines is 1. The summed E-state index contributed by atoms with van der Waals surface area (Å²) in [6.07, 6.45) is 4.43. The van der Waals surface area contributed by atoms with E-state index in [0.717, 1.165) is 51.0 Å². The zero-order valence-electron chi connectivity index (χ0n) is 14.4. The highest BCUT2D eigenvalue weighted by molar-refractivity contribution is 5.95. The van der Waals surface area contributed by atoms with Crippen molar-refractivity contribution < 1.29 is 4.79 Å². The van der Waals surface area contributed by atoms with Crippen molar-refractivity contribution in [2.45, 2.75) is 51.6 Å². The normalized spacial score (nSPS) is 19.9. The largest absolute Gasteiger partial charge is 0.311 e. The molecule has 0 atom stereocenters. The number of nitrogens with zero attached hydrogens (tertiary/aromatic N) is 2. The number of carbonyl (C=O) groups is 1. The van der Waals surface area contributed by atoms with Crippen LogP contribution in [-0.2, 0) is 11.2 Å². The highest BCUT2D eigenvalue weighted by Crippen LogP contribution is 2.26. The second-order valence-electron chi connectivity index (χ2n) is 7.06. The molecule has 1 fully saturated rings. The topological polar surface area (TPSA) is 35.6 Å². The van der Waals surface area contributed by atoms with Crippen LogP contribution in [0, 0.1) is 0 Å². The number of fused-ring (bicyclic) bond motifs is 1. The molecule has 1 amide bonds. The molecule has 1 saturated heterocycles. The predicted molar refractivity (Wildman–Crippen MR) is 94.8 cm³/mol. The second kappa shape index (κ2) is 7.45. The molecule has 2 aliphatic rings. The molecule has 3 rings (SSSR count). The van der Waals surface area contributed by atoms with Crippen LogP contribution in [0.1, 0.15) is 38.7 Å². The SMILES string of the molecule is CC(C)N1CCC(NCC(=O)N2CCCc3ccccc32)CC1. The highest BCUT2D eigenvalue weighted by atomic mass is 16.2. The van der Waals surface area contributed by atoms with E-state index in [1.54, 1.807) is 0 Å². The summed E-state index contributed by atoms with van der Waals surface area (Å²) in [4.78, 5) is 17.1. The summed E-state index contributed by atoms with van der Waals surface area (Å²) < 4.78 is 0. The van der Waals surface area contributed by atoms with E-state index in [4.69, 9.17) is 0 Å². The Labute approximate surface area is 139 Å². The van der Waals surface area contributed by atoms with E-state index in [1.165, 1.54) is 5.56 Å². The smallest absolute Gasteiger partial charge is 0.240 e. The van der Waals surface area contributed by atoms with Crippen LogP contribution in [0.3, 0.4) is 0 Å². The Kier molecular flexibility index (Phi) is 5.34. The number of para-hydroxylation sites is 1. The third-order valence-corrected chi connectivity index (χ3v) is 5.21. The lowest BCUT2D eigenvalue weighted by Crippen LogP contribution is -2.48. The molecule has 4 nitrogen and oxygen atoms in total. The van der Waals surface area contributed by atoms with Gasteiger partial charge in [0.25, 0.3) is 0 Å². The summed E-state index contributed by atoms with van der Waals surface area (Å²) >= 11 is 0. The van der Waals surface area contributed by atoms with Gasteiger partial charge in [-0.05, 0) is 64.3 Å². The first kappa shape index (κ1) is 16.5. The summed E-state index contributed by atoms with van der Waals surface area (Å²) in [6.45, 7) is 8.09. The fraction of sp³-hybridized carbons (Fsp3) is 0.632. The van der Waals surface area contributed by atoms with E-state index in [-0.39, 0.29) is 5.91 Å². The van der Waals surface area contributed by atoms with Crippen LogP contribution in [0.5, 0.6) is 0 Å². The monoisotopic (exact) mass is 315 g/mol. The Bertz CT molecular complexity index is 535. The molecule has 0 aliphatic carbocycles. The average Bonchev–Trinajstić information content (AvgIpc) is 2.59. The summed E-state index contributed by atoms with van der Waals surface area (Å²) in [5.74, 6) is 0.212. The molecule has 1 aromatic carbocycles. The number of hydrogen-bond donors (Lipinski definition) is 1. The number of piperidine rings is 1. The second-order valence-corrected chi connectivity index (χ2v) is 7.06. The predicted octanol–water partition coefficient (Wildman–Crippen LogP) is 2.43. The van der Waals surface area contributed by atoms with Gasteiger partial charge in [-0.3, -0.25) is 4.79 Å². The number of benzene rings is 1. The van der Waals surface area contributed by atoms with Gasteiger partial charge in [-0.1, -0.05) is 18.2 Å². The van der Waals surface area contributed by atoms with Crippen LogP contribution in [0.15, 0.2) is 24.3 Å². The van der Waals surface area contributed by atoms with Crippen LogP contribution < -0.4 is 10.2 Å². The Hall–Kier alpha value is -1.39. The Morgan fingerprint density at radius 2 is 1.96 bits per heavy atom. The molecule has 0 unspecified atom stereocenters. The van der Waals surface area contributed by atoms with E-state index in [9.17, 15) is 4.79 Å². The molecule has 0 aromatic heterocycles. The lowest BCUT2D eigenvalue weighted by atomic mass is 10.0. The summed E-state index contributed by atoms with van der Waals surface area (Å²) in [5, 5.41) is 3.49. The number of carbonyl (C=O) groups excluding carboxylic acids is 1. The Balaban J connectivity index is 1.51. The van der Waals surface area contributed by atoms with Gasteiger partial charge in [0.2, 0.25) is 5.91 Å². The molecule has 1 aromatic rings. The van der Waals surface area contributed by atoms with E-state index in [1.807, 2.05) is 11.0 Å². The van der Waals surface area contributed by atoms with Crippen molar-refractivity contribution in [3.8, 4) is 0 Å². The van der Waals surface area contributed by atoms with Crippen molar-refractivity contribution in [1.82, 2.24) is 10.2 Å². The van der Waals surface area contributed by atoms with Crippen molar-refractivity contribution in [3.05, 3.63) is 29.8 Å². The summed E-state index contributed by atoms with van der Waals surface area (Å²) in [6, 6.07) is 9.42. The van der Waals surface area contributed by atoms with Crippen LogP contribution in [-0.4, -0.2) is 49.1 Å².